The fraction of sp³-hybridized carbons (Fsp3) is 0.417. The third-order valence-corrected chi connectivity index (χ3v) is 7.30. The van der Waals surface area contributed by atoms with Crippen LogP contribution in [0.2, 0.25) is 0 Å². The molecule has 4 aromatic rings. The minimum atomic E-state index is -0.406. The van der Waals surface area contributed by atoms with E-state index in [0.717, 1.165) is 46.8 Å². The number of benzene rings is 1. The lowest BCUT2D eigenvalue weighted by Gasteiger charge is -2.31. The molecule has 0 saturated carbocycles. The predicted octanol–water partition coefficient (Wildman–Crippen LogP) is 2.60. The Morgan fingerprint density at radius 3 is 2.56 bits per heavy atom. The van der Waals surface area contributed by atoms with Gasteiger partial charge in [0, 0.05) is 51.1 Å². The molecule has 10 heteroatoms. The van der Waals surface area contributed by atoms with Crippen LogP contribution in [-0.2, 0) is 20.6 Å². The molecule has 5 rings (SSSR count). The van der Waals surface area contributed by atoms with Gasteiger partial charge in [-0.3, -0.25) is 18.5 Å². The molecule has 0 unspecified atom stereocenters. The molecule has 34 heavy (non-hydrogen) atoms. The van der Waals surface area contributed by atoms with Crippen molar-refractivity contribution < 1.29 is 4.74 Å². The van der Waals surface area contributed by atoms with Crippen molar-refractivity contribution in [3.63, 3.8) is 0 Å². The molecular formula is C24H28N6O3S. The van der Waals surface area contributed by atoms with Crippen LogP contribution in [0.15, 0.2) is 40.1 Å². The zero-order valence-electron chi connectivity index (χ0n) is 19.8. The molecule has 178 valence electrons. The Morgan fingerprint density at radius 2 is 1.88 bits per heavy atom. The van der Waals surface area contributed by atoms with Crippen LogP contribution < -0.4 is 20.9 Å². The predicted molar refractivity (Wildman–Crippen MR) is 133 cm³/mol. The number of fused-ring (bicyclic) bond motifs is 1. The highest BCUT2D eigenvalue weighted by Gasteiger charge is 2.26. The van der Waals surface area contributed by atoms with Gasteiger partial charge in [0.1, 0.15) is 6.10 Å². The standard InChI is InChI=1S/C24H28N6O3S/c1-15-6-5-7-17(12-15)14-30-19-20(27(3)24(32)28(4)21(19)31)26-22(30)33-18-8-10-29(11-9-18)23-25-13-16(2)34-23/h5-7,12-13,18H,8-11,14H2,1-4H3. The molecule has 0 atom stereocenters. The zero-order chi connectivity index (χ0) is 24.0. The second-order valence-electron chi connectivity index (χ2n) is 8.91. The number of aromatic nitrogens is 5. The first-order valence-electron chi connectivity index (χ1n) is 11.4. The maximum absolute atomic E-state index is 13.1. The van der Waals surface area contributed by atoms with E-state index in [1.807, 2.05) is 35.9 Å². The van der Waals surface area contributed by atoms with Gasteiger partial charge >= 0.3 is 5.69 Å². The molecule has 3 aromatic heterocycles. The van der Waals surface area contributed by atoms with Crippen LogP contribution in [0.3, 0.4) is 0 Å². The Bertz CT molecular complexity index is 1470. The summed E-state index contributed by atoms with van der Waals surface area (Å²) in [5, 5.41) is 1.04. The maximum atomic E-state index is 13.1. The van der Waals surface area contributed by atoms with Gasteiger partial charge in [-0.15, -0.1) is 11.3 Å². The summed E-state index contributed by atoms with van der Waals surface area (Å²) < 4.78 is 10.7. The minimum Gasteiger partial charge on any atom is -0.461 e. The molecule has 0 N–H and O–H groups in total. The smallest absolute Gasteiger partial charge is 0.332 e. The van der Waals surface area contributed by atoms with Crippen LogP contribution in [0.4, 0.5) is 5.13 Å². The van der Waals surface area contributed by atoms with E-state index in [1.54, 1.807) is 18.4 Å². The van der Waals surface area contributed by atoms with Crippen molar-refractivity contribution >= 4 is 27.6 Å². The number of anilines is 1. The van der Waals surface area contributed by atoms with Gasteiger partial charge in [0.05, 0.1) is 6.54 Å². The van der Waals surface area contributed by atoms with E-state index >= 15 is 0 Å². The first-order chi connectivity index (χ1) is 16.3. The molecule has 9 nitrogen and oxygen atoms in total. The third kappa shape index (κ3) is 4.02. The summed E-state index contributed by atoms with van der Waals surface area (Å²) in [5.74, 6) is 0. The van der Waals surface area contributed by atoms with Crippen LogP contribution in [0.1, 0.15) is 28.8 Å². The Balaban J connectivity index is 1.49. The van der Waals surface area contributed by atoms with E-state index in [-0.39, 0.29) is 11.7 Å². The van der Waals surface area contributed by atoms with Crippen molar-refractivity contribution in [1.29, 1.82) is 0 Å². The number of hydrogen-bond acceptors (Lipinski definition) is 7. The molecule has 1 aliphatic rings. The minimum absolute atomic E-state index is 0.0359. The van der Waals surface area contributed by atoms with Crippen molar-refractivity contribution in [3.8, 4) is 6.01 Å². The summed E-state index contributed by atoms with van der Waals surface area (Å²) in [6.07, 6.45) is 3.51. The Hall–Kier alpha value is -3.40. The quantitative estimate of drug-likeness (QED) is 0.436. The molecule has 0 amide bonds. The summed E-state index contributed by atoms with van der Waals surface area (Å²) >= 11 is 1.70. The lowest BCUT2D eigenvalue weighted by molar-refractivity contribution is 0.151. The van der Waals surface area contributed by atoms with E-state index in [9.17, 15) is 9.59 Å². The molecule has 0 aliphatic carbocycles. The Labute approximate surface area is 200 Å². The maximum Gasteiger partial charge on any atom is 0.332 e. The van der Waals surface area contributed by atoms with Gasteiger partial charge in [0.25, 0.3) is 11.6 Å². The number of hydrogen-bond donors (Lipinski definition) is 0. The SMILES string of the molecule is Cc1cccc(Cn2c(OC3CCN(c4ncc(C)s4)CC3)nc3c2c(=O)n(C)c(=O)n3C)c1. The molecule has 1 aliphatic heterocycles. The van der Waals surface area contributed by atoms with Gasteiger partial charge in [0.2, 0.25) is 0 Å². The van der Waals surface area contributed by atoms with Gasteiger partial charge in [-0.2, -0.15) is 4.98 Å². The largest absolute Gasteiger partial charge is 0.461 e. The van der Waals surface area contributed by atoms with Crippen molar-refractivity contribution in [2.75, 3.05) is 18.0 Å². The average molecular weight is 481 g/mol. The number of piperidine rings is 1. The van der Waals surface area contributed by atoms with Gasteiger partial charge in [-0.05, 0) is 19.4 Å². The number of thiazole rings is 1. The van der Waals surface area contributed by atoms with E-state index in [1.165, 1.54) is 16.5 Å². The van der Waals surface area contributed by atoms with Gasteiger partial charge in [-0.1, -0.05) is 29.8 Å². The second-order valence-corrected chi connectivity index (χ2v) is 10.1. The Kier molecular flexibility index (Phi) is 5.76. The highest BCUT2D eigenvalue weighted by molar-refractivity contribution is 7.15. The number of rotatable bonds is 5. The summed E-state index contributed by atoms with van der Waals surface area (Å²) in [6.45, 7) is 6.21. The lowest BCUT2D eigenvalue weighted by Crippen LogP contribution is -2.38. The van der Waals surface area contributed by atoms with Crippen molar-refractivity contribution in [2.24, 2.45) is 14.1 Å². The molecule has 0 bridgehead atoms. The molecule has 4 heterocycles. The topological polar surface area (TPSA) is 87.2 Å². The molecule has 1 fully saturated rings. The Morgan fingerprint density at radius 1 is 1.12 bits per heavy atom. The second kappa shape index (κ2) is 8.75. The van der Waals surface area contributed by atoms with Gasteiger partial charge in [-0.25, -0.2) is 9.78 Å². The lowest BCUT2D eigenvalue weighted by atomic mass is 10.1. The van der Waals surface area contributed by atoms with E-state index in [2.05, 4.69) is 27.9 Å². The molecule has 1 aromatic carbocycles. The summed E-state index contributed by atoms with van der Waals surface area (Å²) in [5.41, 5.74) is 2.10. The van der Waals surface area contributed by atoms with Crippen molar-refractivity contribution in [1.82, 2.24) is 23.7 Å². The van der Waals surface area contributed by atoms with E-state index in [4.69, 9.17) is 4.74 Å². The average Bonchev–Trinajstić information content (AvgIpc) is 3.41. The first kappa shape index (κ1) is 22.4. The number of nitrogens with zero attached hydrogens (tertiary/aromatic N) is 6. The zero-order valence-corrected chi connectivity index (χ0v) is 20.6. The van der Waals surface area contributed by atoms with Crippen LogP contribution in [0.5, 0.6) is 6.01 Å². The highest BCUT2D eigenvalue weighted by Crippen LogP contribution is 2.28. The number of ether oxygens (including phenoxy) is 1. The van der Waals surface area contributed by atoms with Gasteiger partial charge in [0.15, 0.2) is 16.3 Å². The molecular weight excluding hydrogens is 452 g/mol. The van der Waals surface area contributed by atoms with Crippen LogP contribution in [0.25, 0.3) is 11.2 Å². The number of imidazole rings is 1. The molecule has 0 radical (unpaired) electrons. The first-order valence-corrected chi connectivity index (χ1v) is 12.2. The summed E-state index contributed by atoms with van der Waals surface area (Å²) in [6, 6.07) is 8.50. The molecule has 0 spiro atoms. The monoisotopic (exact) mass is 480 g/mol. The van der Waals surface area contributed by atoms with Crippen LogP contribution in [-0.4, -0.2) is 42.9 Å². The van der Waals surface area contributed by atoms with Crippen LogP contribution >= 0.6 is 11.3 Å². The fourth-order valence-electron chi connectivity index (χ4n) is 4.46. The van der Waals surface area contributed by atoms with Crippen molar-refractivity contribution in [3.05, 3.63) is 67.3 Å². The summed E-state index contributed by atoms with van der Waals surface area (Å²) in [4.78, 5) is 38.2. The normalized spacial score (nSPS) is 14.8. The van der Waals surface area contributed by atoms with E-state index < -0.39 is 5.69 Å². The van der Waals surface area contributed by atoms with Crippen LogP contribution in [0, 0.1) is 13.8 Å². The third-order valence-electron chi connectivity index (χ3n) is 6.33. The van der Waals surface area contributed by atoms with Crippen molar-refractivity contribution in [2.45, 2.75) is 39.3 Å². The highest BCUT2D eigenvalue weighted by atomic mass is 32.1. The van der Waals surface area contributed by atoms with Gasteiger partial charge < -0.3 is 9.64 Å². The number of aryl methyl sites for hydroxylation is 3. The molecule has 1 saturated heterocycles. The van der Waals surface area contributed by atoms with E-state index in [0.29, 0.717) is 23.7 Å². The fourth-order valence-corrected chi connectivity index (χ4v) is 5.27. The summed E-state index contributed by atoms with van der Waals surface area (Å²) in [7, 11) is 3.12.